The number of aromatic nitrogens is 1. The van der Waals surface area contributed by atoms with E-state index in [4.69, 9.17) is 5.10 Å². The van der Waals surface area contributed by atoms with Gasteiger partial charge >= 0.3 is 0 Å². The van der Waals surface area contributed by atoms with Crippen LogP contribution in [0, 0.1) is 0 Å². The molecule has 0 N–H and O–H groups in total. The number of anilines is 2. The predicted octanol–water partition coefficient (Wildman–Crippen LogP) is 6.99. The fourth-order valence-corrected chi connectivity index (χ4v) is 8.15. The van der Waals surface area contributed by atoms with Gasteiger partial charge in [0, 0.05) is 22.9 Å². The highest BCUT2D eigenvalue weighted by molar-refractivity contribution is 7.21. The molecule has 9 rings (SSSR count). The van der Waals surface area contributed by atoms with Gasteiger partial charge in [-0.05, 0) is 36.4 Å². The first-order chi connectivity index (χ1) is 19.4. The number of hydrogen-bond donors (Lipinski definition) is 0. The summed E-state index contributed by atoms with van der Waals surface area (Å²) < 4.78 is 3.91. The zero-order valence-electron chi connectivity index (χ0n) is 21.0. The fraction of sp³-hybridized carbons (Fsp3) is 0.0588. The Kier molecular flexibility index (Phi) is 4.16. The number of fused-ring (bicyclic) bond motifs is 12. The van der Waals surface area contributed by atoms with Gasteiger partial charge in [-0.3, -0.25) is 4.90 Å². The molecule has 3 aliphatic rings. The number of para-hydroxylation sites is 3. The first kappa shape index (κ1) is 21.2. The van der Waals surface area contributed by atoms with Crippen LogP contribution in [0.15, 0.2) is 139 Å². The van der Waals surface area contributed by atoms with Gasteiger partial charge in [-0.15, -0.1) is 0 Å². The molecule has 2 unspecified atom stereocenters. The Morgan fingerprint density at radius 2 is 1.33 bits per heavy atom. The third kappa shape index (κ3) is 2.58. The molecule has 0 amide bonds. The molecule has 39 heavy (non-hydrogen) atoms. The van der Waals surface area contributed by atoms with Gasteiger partial charge in [0.1, 0.15) is 4.70 Å². The van der Waals surface area contributed by atoms with Crippen LogP contribution in [0.1, 0.15) is 16.7 Å². The highest BCUT2D eigenvalue weighted by atomic mass is 32.1. The molecule has 0 radical (unpaired) electrons. The minimum Gasteiger partial charge on any atom is -0.295 e. The lowest BCUT2D eigenvalue weighted by atomic mass is 9.81. The number of amidine groups is 1. The van der Waals surface area contributed by atoms with Crippen molar-refractivity contribution in [3.63, 3.8) is 0 Å². The topological polar surface area (TPSA) is 22.7 Å². The molecule has 0 saturated carbocycles. The zero-order valence-corrected chi connectivity index (χ0v) is 21.8. The van der Waals surface area contributed by atoms with Crippen molar-refractivity contribution in [2.24, 2.45) is 5.10 Å². The van der Waals surface area contributed by atoms with E-state index in [1.807, 2.05) is 11.3 Å². The second-order valence-electron chi connectivity index (χ2n) is 10.3. The van der Waals surface area contributed by atoms with Crippen molar-refractivity contribution in [3.05, 3.63) is 150 Å². The smallest absolute Gasteiger partial charge is 0.271 e. The summed E-state index contributed by atoms with van der Waals surface area (Å²) in [4.78, 5) is 2.46. The van der Waals surface area contributed by atoms with Gasteiger partial charge in [-0.25, -0.2) is 5.01 Å². The predicted molar refractivity (Wildman–Crippen MR) is 158 cm³/mol. The first-order valence-electron chi connectivity index (χ1n) is 13.3. The Hall–Kier alpha value is -4.74. The molecule has 0 fully saturated rings. The molecule has 4 heterocycles. The molecule has 0 saturated heterocycles. The molecule has 6 aromatic rings. The van der Waals surface area contributed by atoms with Gasteiger partial charge in [0.25, 0.3) is 10.5 Å². The van der Waals surface area contributed by atoms with Crippen LogP contribution in [-0.2, 0) is 5.54 Å². The summed E-state index contributed by atoms with van der Waals surface area (Å²) in [5.41, 5.74) is 8.06. The van der Waals surface area contributed by atoms with Crippen LogP contribution in [0.25, 0.3) is 20.8 Å². The lowest BCUT2D eigenvalue weighted by Crippen LogP contribution is -2.66. The van der Waals surface area contributed by atoms with E-state index in [1.54, 1.807) is 0 Å². The van der Waals surface area contributed by atoms with E-state index < -0.39 is 5.54 Å². The summed E-state index contributed by atoms with van der Waals surface area (Å²) in [5, 5.41) is 8.98. The Morgan fingerprint density at radius 3 is 2.18 bits per heavy atom. The van der Waals surface area contributed by atoms with Crippen LogP contribution in [0.5, 0.6) is 0 Å². The molecule has 5 heteroatoms. The number of benzene rings is 5. The second kappa shape index (κ2) is 7.65. The normalized spacial score (nSPS) is 20.2. The average Bonchev–Trinajstić information content (AvgIpc) is 3.73. The third-order valence-electron chi connectivity index (χ3n) is 8.35. The summed E-state index contributed by atoms with van der Waals surface area (Å²) in [6.45, 7) is 0. The Balaban J connectivity index is 1.44. The van der Waals surface area contributed by atoms with Gasteiger partial charge in [0.15, 0.2) is 5.84 Å². The van der Waals surface area contributed by atoms with E-state index in [2.05, 4.69) is 148 Å². The van der Waals surface area contributed by atoms with Gasteiger partial charge in [0.2, 0.25) is 11.7 Å². The molecule has 1 spiro atoms. The Morgan fingerprint density at radius 1 is 0.667 bits per heavy atom. The third-order valence-corrected chi connectivity index (χ3v) is 9.51. The monoisotopic (exact) mass is 519 g/mol. The molecule has 0 bridgehead atoms. The fourth-order valence-electron chi connectivity index (χ4n) is 6.91. The lowest BCUT2D eigenvalue weighted by Gasteiger charge is -2.35. The maximum atomic E-state index is 5.41. The van der Waals surface area contributed by atoms with Crippen molar-refractivity contribution in [3.8, 4) is 10.6 Å². The molecular weight excluding hydrogens is 496 g/mol. The van der Waals surface area contributed by atoms with E-state index in [-0.39, 0.29) is 6.17 Å². The molecule has 3 aliphatic heterocycles. The van der Waals surface area contributed by atoms with Crippen molar-refractivity contribution in [2.75, 3.05) is 9.91 Å². The summed E-state index contributed by atoms with van der Waals surface area (Å²) in [7, 11) is 0. The van der Waals surface area contributed by atoms with Gasteiger partial charge in [0.05, 0.1) is 16.8 Å². The quantitative estimate of drug-likeness (QED) is 0.230. The molecule has 5 aromatic carbocycles. The summed E-state index contributed by atoms with van der Waals surface area (Å²) in [5.74, 6) is 0.965. The highest BCUT2D eigenvalue weighted by Crippen LogP contribution is 2.58. The van der Waals surface area contributed by atoms with Gasteiger partial charge < -0.3 is 0 Å². The van der Waals surface area contributed by atoms with Crippen LogP contribution in [0.4, 0.5) is 11.4 Å². The van der Waals surface area contributed by atoms with Crippen molar-refractivity contribution in [1.29, 1.82) is 0 Å². The molecule has 4 nitrogen and oxygen atoms in total. The van der Waals surface area contributed by atoms with Crippen LogP contribution in [0.3, 0.4) is 0 Å². The van der Waals surface area contributed by atoms with Crippen LogP contribution in [-0.4, -0.2) is 12.0 Å². The lowest BCUT2D eigenvalue weighted by molar-refractivity contribution is -0.701. The summed E-state index contributed by atoms with van der Waals surface area (Å²) in [6, 6.07) is 48.0. The number of rotatable bonds is 2. The van der Waals surface area contributed by atoms with Gasteiger partial charge in [-0.1, -0.05) is 102 Å². The van der Waals surface area contributed by atoms with Crippen molar-refractivity contribution in [2.45, 2.75) is 11.7 Å². The maximum absolute atomic E-state index is 5.41. The van der Waals surface area contributed by atoms with Crippen molar-refractivity contribution < 1.29 is 4.57 Å². The van der Waals surface area contributed by atoms with Crippen LogP contribution < -0.4 is 14.5 Å². The number of thiazole rings is 1. The number of hydrazone groups is 1. The van der Waals surface area contributed by atoms with Crippen molar-refractivity contribution in [1.82, 2.24) is 0 Å². The van der Waals surface area contributed by atoms with E-state index in [0.29, 0.717) is 0 Å². The van der Waals surface area contributed by atoms with E-state index in [1.165, 1.54) is 31.9 Å². The van der Waals surface area contributed by atoms with Crippen LogP contribution >= 0.6 is 11.3 Å². The molecule has 1 aromatic heterocycles. The first-order valence-corrected chi connectivity index (χ1v) is 14.1. The minimum atomic E-state index is -0.502. The largest absolute Gasteiger partial charge is 0.295 e. The summed E-state index contributed by atoms with van der Waals surface area (Å²) in [6.07, 6.45) is -0.127. The molecule has 184 valence electrons. The van der Waals surface area contributed by atoms with Crippen molar-refractivity contribution >= 4 is 38.8 Å². The average molecular weight is 520 g/mol. The SMILES string of the molecule is c1ccc(C2=NN3c4ccccc4C4(c5ccccc5-c5sc6ccccc6[n+]54)C3N2c2ccccc2)cc1. The molecule has 0 aliphatic carbocycles. The standard InChI is InChI=1S/C34H23N4S/c1-3-13-23(14-4-1)31-35-38-28-20-10-9-19-27(28)34(33(38)36(31)24-15-5-2-6-16-24)26-18-8-7-17-25(26)32-37(34)29-21-11-12-22-30(29)39-32/h1-22,33H/q+1. The van der Waals surface area contributed by atoms with E-state index >= 15 is 0 Å². The van der Waals surface area contributed by atoms with Crippen LogP contribution in [0.2, 0.25) is 0 Å². The van der Waals surface area contributed by atoms with E-state index in [9.17, 15) is 0 Å². The Bertz CT molecular complexity index is 1940. The van der Waals surface area contributed by atoms with Gasteiger partial charge in [-0.2, -0.15) is 9.67 Å². The Labute approximate surface area is 230 Å². The minimum absolute atomic E-state index is 0.127. The number of hydrogen-bond acceptors (Lipinski definition) is 4. The highest BCUT2D eigenvalue weighted by Gasteiger charge is 2.70. The summed E-state index contributed by atoms with van der Waals surface area (Å²) >= 11 is 1.88. The zero-order chi connectivity index (χ0) is 25.6. The molecular formula is C34H23N4S+. The number of nitrogens with zero attached hydrogens (tertiary/aromatic N) is 4. The second-order valence-corrected chi connectivity index (χ2v) is 11.3. The molecule has 2 atom stereocenters. The van der Waals surface area contributed by atoms with E-state index in [0.717, 1.165) is 22.8 Å². The maximum Gasteiger partial charge on any atom is 0.271 e.